The van der Waals surface area contributed by atoms with Gasteiger partial charge in [0.15, 0.2) is 0 Å². The summed E-state index contributed by atoms with van der Waals surface area (Å²) in [5.41, 5.74) is 8.21. The van der Waals surface area contributed by atoms with Crippen LogP contribution in [0, 0.1) is 12.7 Å². The van der Waals surface area contributed by atoms with E-state index in [9.17, 15) is 14.0 Å². The average Bonchev–Trinajstić information content (AvgIpc) is 3.12. The quantitative estimate of drug-likeness (QED) is 0.680. The number of thiazole rings is 1. The Balaban J connectivity index is 1.53. The Kier molecular flexibility index (Phi) is 5.50. The van der Waals surface area contributed by atoms with Crippen molar-refractivity contribution in [3.63, 3.8) is 0 Å². The zero-order valence-corrected chi connectivity index (χ0v) is 17.1. The summed E-state index contributed by atoms with van der Waals surface area (Å²) < 4.78 is 18.6. The number of carbonyl (C=O) groups excluding carboxylic acids is 2. The van der Waals surface area contributed by atoms with Gasteiger partial charge >= 0.3 is 0 Å². The van der Waals surface area contributed by atoms with Crippen LogP contribution in [0.5, 0.6) is 5.75 Å². The summed E-state index contributed by atoms with van der Waals surface area (Å²) in [6.45, 7) is 2.23. The van der Waals surface area contributed by atoms with Crippen LogP contribution in [0.25, 0.3) is 0 Å². The summed E-state index contributed by atoms with van der Waals surface area (Å²) in [4.78, 5) is 31.7. The third-order valence-corrected chi connectivity index (χ3v) is 6.17. The fourth-order valence-electron chi connectivity index (χ4n) is 3.51. The zero-order valence-electron chi connectivity index (χ0n) is 16.3. The lowest BCUT2D eigenvalue weighted by molar-refractivity contribution is -0.122. The maximum Gasteiger partial charge on any atom is 0.266 e. The van der Waals surface area contributed by atoms with Crippen LogP contribution in [-0.4, -0.2) is 27.7 Å². The van der Waals surface area contributed by atoms with Crippen molar-refractivity contribution in [3.8, 4) is 5.75 Å². The number of rotatable bonds is 5. The van der Waals surface area contributed by atoms with E-state index in [2.05, 4.69) is 4.98 Å². The van der Waals surface area contributed by atoms with Crippen molar-refractivity contribution in [2.24, 2.45) is 5.73 Å². The lowest BCUT2D eigenvalue weighted by Gasteiger charge is -2.34. The number of carbonyl (C=O) groups is 2. The van der Waals surface area contributed by atoms with Crippen LogP contribution >= 0.6 is 11.3 Å². The predicted octanol–water partition coefficient (Wildman–Crippen LogP) is 3.22. The lowest BCUT2D eigenvalue weighted by atomic mass is 9.93. The Hall–Kier alpha value is -3.26. The van der Waals surface area contributed by atoms with Crippen molar-refractivity contribution >= 4 is 23.2 Å². The number of nitrogens with zero attached hydrogens (tertiary/aromatic N) is 2. The van der Waals surface area contributed by atoms with Crippen molar-refractivity contribution in [1.29, 1.82) is 0 Å². The predicted molar refractivity (Wildman–Crippen MR) is 111 cm³/mol. The highest BCUT2D eigenvalue weighted by Gasteiger charge is 2.35. The molecule has 0 saturated carbocycles. The molecule has 8 heteroatoms. The van der Waals surface area contributed by atoms with Crippen molar-refractivity contribution in [2.75, 3.05) is 0 Å². The van der Waals surface area contributed by atoms with Crippen LogP contribution in [0.3, 0.4) is 0 Å². The van der Waals surface area contributed by atoms with Gasteiger partial charge in [0, 0.05) is 13.0 Å². The monoisotopic (exact) mass is 425 g/mol. The standard InChI is InChI=1S/C22H20FN3O3S/c1-13-20(30-19(25-13)12-29-17-8-6-16(23)7-9-17)22(28)26-11-15-5-3-2-4-14(15)10-18(26)21(24)27/h2-9,18H,10-12H2,1H3,(H2,24,27)/t18-/m1/s1. The van der Waals surface area contributed by atoms with Gasteiger partial charge in [0.25, 0.3) is 5.91 Å². The molecule has 3 aromatic rings. The second-order valence-electron chi connectivity index (χ2n) is 7.09. The fourth-order valence-corrected chi connectivity index (χ4v) is 4.44. The van der Waals surface area contributed by atoms with Crippen molar-refractivity contribution in [3.05, 3.63) is 81.1 Å². The van der Waals surface area contributed by atoms with Gasteiger partial charge in [-0.05, 0) is 42.3 Å². The number of amides is 2. The van der Waals surface area contributed by atoms with Crippen LogP contribution < -0.4 is 10.5 Å². The second-order valence-corrected chi connectivity index (χ2v) is 8.17. The van der Waals surface area contributed by atoms with E-state index < -0.39 is 11.9 Å². The molecular formula is C22H20FN3O3S. The van der Waals surface area contributed by atoms with E-state index in [1.54, 1.807) is 6.92 Å². The van der Waals surface area contributed by atoms with Crippen LogP contribution in [0.1, 0.15) is 31.5 Å². The SMILES string of the molecule is Cc1nc(COc2ccc(F)cc2)sc1C(=O)N1Cc2ccccc2C[C@@H]1C(N)=O. The van der Waals surface area contributed by atoms with E-state index >= 15 is 0 Å². The van der Waals surface area contributed by atoms with E-state index in [0.29, 0.717) is 34.3 Å². The van der Waals surface area contributed by atoms with Crippen molar-refractivity contribution < 1.29 is 18.7 Å². The van der Waals surface area contributed by atoms with E-state index in [0.717, 1.165) is 11.1 Å². The molecule has 0 aliphatic carbocycles. The highest BCUT2D eigenvalue weighted by molar-refractivity contribution is 7.13. The van der Waals surface area contributed by atoms with Crippen molar-refractivity contribution in [2.45, 2.75) is 32.5 Å². The number of halogens is 1. The van der Waals surface area contributed by atoms with Crippen molar-refractivity contribution in [1.82, 2.24) is 9.88 Å². The number of ether oxygens (including phenoxy) is 1. The van der Waals surface area contributed by atoms with Crippen LogP contribution in [-0.2, 0) is 24.4 Å². The minimum atomic E-state index is -0.701. The lowest BCUT2D eigenvalue weighted by Crippen LogP contribution is -2.51. The van der Waals surface area contributed by atoms with Gasteiger partial charge in [-0.3, -0.25) is 9.59 Å². The fraction of sp³-hybridized carbons (Fsp3) is 0.227. The Morgan fingerprint density at radius 1 is 1.20 bits per heavy atom. The van der Waals surface area contributed by atoms with E-state index in [4.69, 9.17) is 10.5 Å². The maximum atomic E-state index is 13.3. The first-order chi connectivity index (χ1) is 14.4. The number of hydrogen-bond donors (Lipinski definition) is 1. The molecule has 0 bridgehead atoms. The third kappa shape index (κ3) is 4.04. The summed E-state index contributed by atoms with van der Waals surface area (Å²) in [6, 6.07) is 12.7. The van der Waals surface area contributed by atoms with Gasteiger partial charge in [-0.15, -0.1) is 11.3 Å². The highest BCUT2D eigenvalue weighted by atomic mass is 32.1. The van der Waals surface area contributed by atoms with Gasteiger partial charge in [0.05, 0.1) is 5.69 Å². The Labute approximate surface area is 177 Å². The first kappa shape index (κ1) is 20.0. The van der Waals surface area contributed by atoms with E-state index in [1.807, 2.05) is 24.3 Å². The number of fused-ring (bicyclic) bond motifs is 1. The Morgan fingerprint density at radius 2 is 1.90 bits per heavy atom. The summed E-state index contributed by atoms with van der Waals surface area (Å²) in [5.74, 6) is -0.623. The summed E-state index contributed by atoms with van der Waals surface area (Å²) >= 11 is 1.23. The molecule has 1 aromatic heterocycles. The molecule has 2 aromatic carbocycles. The molecule has 0 radical (unpaired) electrons. The smallest absolute Gasteiger partial charge is 0.266 e. The number of hydrogen-bond acceptors (Lipinski definition) is 5. The molecule has 2 heterocycles. The molecule has 6 nitrogen and oxygen atoms in total. The number of primary amides is 1. The van der Waals surface area contributed by atoms with Gasteiger partial charge in [0.1, 0.15) is 34.1 Å². The molecule has 1 aliphatic heterocycles. The number of nitrogens with two attached hydrogens (primary N) is 1. The molecule has 0 spiro atoms. The molecule has 1 atom stereocenters. The third-order valence-electron chi connectivity index (χ3n) is 5.05. The first-order valence-electron chi connectivity index (χ1n) is 9.44. The molecule has 0 saturated heterocycles. The van der Waals surface area contributed by atoms with E-state index in [1.165, 1.54) is 40.5 Å². The average molecular weight is 425 g/mol. The Bertz CT molecular complexity index is 1100. The number of aryl methyl sites for hydroxylation is 1. The molecule has 2 N–H and O–H groups in total. The van der Waals surface area contributed by atoms with Gasteiger partial charge in [-0.2, -0.15) is 0 Å². The highest BCUT2D eigenvalue weighted by Crippen LogP contribution is 2.28. The minimum absolute atomic E-state index is 0.159. The van der Waals surface area contributed by atoms with Gasteiger partial charge < -0.3 is 15.4 Å². The van der Waals surface area contributed by atoms with Crippen LogP contribution in [0.15, 0.2) is 48.5 Å². The molecule has 2 amide bonds. The van der Waals surface area contributed by atoms with Gasteiger partial charge in [0.2, 0.25) is 5.91 Å². The minimum Gasteiger partial charge on any atom is -0.486 e. The molecule has 0 unspecified atom stereocenters. The molecular weight excluding hydrogens is 405 g/mol. The molecule has 1 aliphatic rings. The Morgan fingerprint density at radius 3 is 2.60 bits per heavy atom. The summed E-state index contributed by atoms with van der Waals surface area (Å²) in [7, 11) is 0. The zero-order chi connectivity index (χ0) is 21.3. The number of aromatic nitrogens is 1. The van der Waals surface area contributed by atoms with Crippen LogP contribution in [0.2, 0.25) is 0 Å². The molecule has 30 heavy (non-hydrogen) atoms. The summed E-state index contributed by atoms with van der Waals surface area (Å²) in [6.07, 6.45) is 0.398. The molecule has 0 fully saturated rings. The normalized spacial score (nSPS) is 15.5. The number of benzene rings is 2. The molecule has 154 valence electrons. The second kappa shape index (κ2) is 8.23. The maximum absolute atomic E-state index is 13.3. The van der Waals surface area contributed by atoms with Gasteiger partial charge in [-0.25, -0.2) is 9.37 Å². The molecule has 4 rings (SSSR count). The largest absolute Gasteiger partial charge is 0.486 e. The van der Waals surface area contributed by atoms with E-state index in [-0.39, 0.29) is 18.3 Å². The first-order valence-corrected chi connectivity index (χ1v) is 10.3. The van der Waals surface area contributed by atoms with Crippen LogP contribution in [0.4, 0.5) is 4.39 Å². The van der Waals surface area contributed by atoms with Gasteiger partial charge in [-0.1, -0.05) is 24.3 Å². The topological polar surface area (TPSA) is 85.5 Å². The summed E-state index contributed by atoms with van der Waals surface area (Å²) in [5, 5.41) is 0.619.